The molecule has 0 saturated carbocycles. The summed E-state index contributed by atoms with van der Waals surface area (Å²) < 4.78 is 6.27. The Kier molecular flexibility index (Phi) is 5.95. The Labute approximate surface area is 149 Å². The summed E-state index contributed by atoms with van der Waals surface area (Å²) in [4.78, 5) is 20.6. The van der Waals surface area contributed by atoms with E-state index in [9.17, 15) is 4.79 Å². The lowest BCUT2D eigenvalue weighted by Crippen LogP contribution is -2.28. The Balaban J connectivity index is 1.34. The summed E-state index contributed by atoms with van der Waals surface area (Å²) in [6.45, 7) is 3.23. The van der Waals surface area contributed by atoms with Crippen LogP contribution in [0.2, 0.25) is 0 Å². The highest BCUT2D eigenvalue weighted by molar-refractivity contribution is 7.22. The number of aromatic nitrogens is 3. The molecule has 0 aliphatic carbocycles. The summed E-state index contributed by atoms with van der Waals surface area (Å²) in [5, 5.41) is 10.8. The monoisotopic (exact) mass is 359 g/mol. The number of hydrogen-bond acceptors (Lipinski definition) is 7. The number of fused-ring (bicyclic) bond motifs is 1. The highest BCUT2D eigenvalue weighted by atomic mass is 32.1. The minimum absolute atomic E-state index is 0.0265. The topological polar surface area (TPSA) is 92.9 Å². The van der Waals surface area contributed by atoms with E-state index in [2.05, 4.69) is 32.7 Å². The van der Waals surface area contributed by atoms with Gasteiger partial charge in [-0.1, -0.05) is 35.5 Å². The quantitative estimate of drug-likeness (QED) is 0.571. The maximum Gasteiger partial charge on any atom is 0.227 e. The van der Waals surface area contributed by atoms with Gasteiger partial charge in [0, 0.05) is 32.4 Å². The number of carbonyl (C=O) groups excluding carboxylic acids is 1. The van der Waals surface area contributed by atoms with E-state index in [1.165, 1.54) is 0 Å². The van der Waals surface area contributed by atoms with Gasteiger partial charge in [-0.3, -0.25) is 4.79 Å². The first-order chi connectivity index (χ1) is 12.2. The Morgan fingerprint density at radius 2 is 2.08 bits per heavy atom. The second-order valence-corrected chi connectivity index (χ2v) is 6.65. The van der Waals surface area contributed by atoms with E-state index in [1.54, 1.807) is 11.3 Å². The van der Waals surface area contributed by atoms with Crippen molar-refractivity contribution in [3.63, 3.8) is 0 Å². The van der Waals surface area contributed by atoms with Crippen LogP contribution in [0.15, 0.2) is 28.8 Å². The molecule has 0 bridgehead atoms. The number of nitrogens with zero attached hydrogens (tertiary/aromatic N) is 3. The van der Waals surface area contributed by atoms with E-state index in [0.717, 1.165) is 28.2 Å². The Hall–Kier alpha value is -2.48. The van der Waals surface area contributed by atoms with Crippen molar-refractivity contribution in [2.75, 3.05) is 18.4 Å². The molecule has 2 aromatic heterocycles. The van der Waals surface area contributed by atoms with Gasteiger partial charge in [0.2, 0.25) is 11.8 Å². The molecule has 3 aromatic rings. The van der Waals surface area contributed by atoms with Crippen molar-refractivity contribution >= 4 is 32.6 Å². The third-order valence-corrected chi connectivity index (χ3v) is 4.56. The molecule has 2 heterocycles. The first-order valence-corrected chi connectivity index (χ1v) is 9.24. The van der Waals surface area contributed by atoms with Crippen molar-refractivity contribution in [3.8, 4) is 0 Å². The molecule has 0 radical (unpaired) electrons. The fourth-order valence-electron chi connectivity index (χ4n) is 2.34. The van der Waals surface area contributed by atoms with Crippen molar-refractivity contribution in [3.05, 3.63) is 36.0 Å². The minimum atomic E-state index is -0.0265. The van der Waals surface area contributed by atoms with E-state index in [1.807, 2.05) is 24.3 Å². The molecule has 0 fully saturated rings. The van der Waals surface area contributed by atoms with Gasteiger partial charge < -0.3 is 15.2 Å². The van der Waals surface area contributed by atoms with Crippen LogP contribution in [0, 0.1) is 0 Å². The molecule has 0 saturated heterocycles. The van der Waals surface area contributed by atoms with Gasteiger partial charge in [-0.2, -0.15) is 4.98 Å². The highest BCUT2D eigenvalue weighted by Gasteiger charge is 2.08. The summed E-state index contributed by atoms with van der Waals surface area (Å²) >= 11 is 1.61. The van der Waals surface area contributed by atoms with Gasteiger partial charge in [-0.05, 0) is 18.6 Å². The van der Waals surface area contributed by atoms with Crippen LogP contribution < -0.4 is 10.6 Å². The molecule has 0 aliphatic rings. The number of aryl methyl sites for hydroxylation is 2. The van der Waals surface area contributed by atoms with E-state index in [-0.39, 0.29) is 5.91 Å². The number of nitrogens with one attached hydrogen (secondary N) is 2. The molecule has 0 spiro atoms. The summed E-state index contributed by atoms with van der Waals surface area (Å²) in [7, 11) is 0. The maximum atomic E-state index is 11.9. The zero-order chi connectivity index (χ0) is 17.5. The van der Waals surface area contributed by atoms with Gasteiger partial charge >= 0.3 is 0 Å². The lowest BCUT2D eigenvalue weighted by Gasteiger charge is -2.04. The molecule has 25 heavy (non-hydrogen) atoms. The minimum Gasteiger partial charge on any atom is -0.360 e. The molecule has 1 aromatic carbocycles. The van der Waals surface area contributed by atoms with Crippen LogP contribution in [-0.2, 0) is 17.6 Å². The SMILES string of the molecule is CCCc1noc(CCC(=O)NCCNc2nc3ccccc3s2)n1. The van der Waals surface area contributed by atoms with Crippen LogP contribution in [0.5, 0.6) is 0 Å². The van der Waals surface area contributed by atoms with E-state index < -0.39 is 0 Å². The second-order valence-electron chi connectivity index (χ2n) is 5.62. The number of benzene rings is 1. The predicted molar refractivity (Wildman–Crippen MR) is 97.7 cm³/mol. The van der Waals surface area contributed by atoms with Gasteiger partial charge in [-0.25, -0.2) is 4.98 Å². The number of anilines is 1. The third kappa shape index (κ3) is 4.99. The lowest BCUT2D eigenvalue weighted by molar-refractivity contribution is -0.121. The van der Waals surface area contributed by atoms with Crippen molar-refractivity contribution in [2.24, 2.45) is 0 Å². The molecule has 3 rings (SSSR count). The molecule has 8 heteroatoms. The smallest absolute Gasteiger partial charge is 0.227 e. The van der Waals surface area contributed by atoms with Gasteiger partial charge in [0.05, 0.1) is 10.2 Å². The molecule has 7 nitrogen and oxygen atoms in total. The van der Waals surface area contributed by atoms with Crippen LogP contribution in [0.4, 0.5) is 5.13 Å². The number of carbonyl (C=O) groups is 1. The second kappa shape index (κ2) is 8.57. The van der Waals surface area contributed by atoms with Crippen LogP contribution >= 0.6 is 11.3 Å². The highest BCUT2D eigenvalue weighted by Crippen LogP contribution is 2.24. The fourth-order valence-corrected chi connectivity index (χ4v) is 3.24. The van der Waals surface area contributed by atoms with Gasteiger partial charge in [-0.15, -0.1) is 0 Å². The molecule has 0 atom stereocenters. The zero-order valence-corrected chi connectivity index (χ0v) is 14.9. The largest absolute Gasteiger partial charge is 0.360 e. The molecule has 0 aliphatic heterocycles. The summed E-state index contributed by atoms with van der Waals surface area (Å²) in [5.74, 6) is 1.20. The van der Waals surface area contributed by atoms with E-state index in [4.69, 9.17) is 4.52 Å². The van der Waals surface area contributed by atoms with E-state index in [0.29, 0.717) is 37.6 Å². The van der Waals surface area contributed by atoms with Crippen LogP contribution in [0.1, 0.15) is 31.5 Å². The predicted octanol–water partition coefficient (Wildman–Crippen LogP) is 2.79. The number of rotatable bonds is 9. The number of para-hydroxylation sites is 1. The average molecular weight is 359 g/mol. The van der Waals surface area contributed by atoms with Gasteiger partial charge in [0.25, 0.3) is 0 Å². The van der Waals surface area contributed by atoms with Crippen LogP contribution in [0.3, 0.4) is 0 Å². The molecule has 2 N–H and O–H groups in total. The summed E-state index contributed by atoms with van der Waals surface area (Å²) in [6.07, 6.45) is 2.58. The molecular weight excluding hydrogens is 338 g/mol. The third-order valence-electron chi connectivity index (χ3n) is 3.57. The van der Waals surface area contributed by atoms with Crippen LogP contribution in [-0.4, -0.2) is 34.1 Å². The van der Waals surface area contributed by atoms with Gasteiger partial charge in [0.1, 0.15) is 0 Å². The van der Waals surface area contributed by atoms with Crippen molar-refractivity contribution in [2.45, 2.75) is 32.6 Å². The fraction of sp³-hybridized carbons (Fsp3) is 0.412. The standard InChI is InChI=1S/C17H21N5O2S/c1-2-5-14-21-16(24-22-14)9-8-15(23)18-10-11-19-17-20-12-6-3-4-7-13(12)25-17/h3-4,6-7H,2,5,8-11H2,1H3,(H,18,23)(H,19,20). The Bertz CT molecular complexity index is 796. The summed E-state index contributed by atoms with van der Waals surface area (Å²) in [5.41, 5.74) is 0.987. The van der Waals surface area contributed by atoms with E-state index >= 15 is 0 Å². The number of amides is 1. The lowest BCUT2D eigenvalue weighted by atomic mass is 10.3. The average Bonchev–Trinajstić information content (AvgIpc) is 3.23. The number of thiazole rings is 1. The van der Waals surface area contributed by atoms with Crippen LogP contribution in [0.25, 0.3) is 10.2 Å². The Morgan fingerprint density at radius 1 is 1.20 bits per heavy atom. The molecule has 1 amide bonds. The van der Waals surface area contributed by atoms with Gasteiger partial charge in [0.15, 0.2) is 11.0 Å². The maximum absolute atomic E-state index is 11.9. The van der Waals surface area contributed by atoms with Crippen molar-refractivity contribution in [1.29, 1.82) is 0 Å². The van der Waals surface area contributed by atoms with Crippen molar-refractivity contribution < 1.29 is 9.32 Å². The molecule has 132 valence electrons. The molecule has 0 unspecified atom stereocenters. The summed E-state index contributed by atoms with van der Waals surface area (Å²) in [6, 6.07) is 8.01. The number of hydrogen-bond donors (Lipinski definition) is 2. The normalized spacial score (nSPS) is 10.9. The Morgan fingerprint density at radius 3 is 2.92 bits per heavy atom. The zero-order valence-electron chi connectivity index (χ0n) is 14.1. The van der Waals surface area contributed by atoms with Crippen molar-refractivity contribution in [1.82, 2.24) is 20.4 Å². The first-order valence-electron chi connectivity index (χ1n) is 8.42. The molecular formula is C17H21N5O2S. The first kappa shape index (κ1) is 17.3.